The van der Waals surface area contributed by atoms with Crippen molar-refractivity contribution in [1.29, 1.82) is 0 Å². The van der Waals surface area contributed by atoms with E-state index in [9.17, 15) is 0 Å². The molecular formula is C12H23ClN2O3Si. The molecule has 0 aromatic carbocycles. The van der Waals surface area contributed by atoms with E-state index in [2.05, 4.69) is 28.2 Å². The van der Waals surface area contributed by atoms with Crippen LogP contribution in [0.2, 0.25) is 6.04 Å². The lowest BCUT2D eigenvalue weighted by atomic mass is 10.5. The van der Waals surface area contributed by atoms with Crippen LogP contribution in [0, 0.1) is 0 Å². The average molecular weight is 307 g/mol. The van der Waals surface area contributed by atoms with Gasteiger partial charge in [0.1, 0.15) is 18.9 Å². The summed E-state index contributed by atoms with van der Waals surface area (Å²) in [4.78, 5) is 0. The van der Waals surface area contributed by atoms with Crippen molar-refractivity contribution in [2.75, 3.05) is 21.3 Å². The molecule has 0 bridgehead atoms. The first-order valence-electron chi connectivity index (χ1n) is 6.01. The summed E-state index contributed by atoms with van der Waals surface area (Å²) in [6.07, 6.45) is 9.00. The Hall–Kier alpha value is -0.663. The Labute approximate surface area is 122 Å². The lowest BCUT2D eigenvalue weighted by Crippen LogP contribution is -3.00. The van der Waals surface area contributed by atoms with Crippen molar-refractivity contribution in [2.45, 2.75) is 25.6 Å². The molecule has 1 rings (SSSR count). The van der Waals surface area contributed by atoms with Crippen molar-refractivity contribution in [1.82, 2.24) is 4.57 Å². The summed E-state index contributed by atoms with van der Waals surface area (Å²) in [7, 11) is 2.52. The first-order chi connectivity index (χ1) is 8.69. The quantitative estimate of drug-likeness (QED) is 0.308. The molecular weight excluding hydrogens is 284 g/mol. The molecule has 0 aliphatic rings. The summed E-state index contributed by atoms with van der Waals surface area (Å²) in [5, 5.41) is 0. The zero-order chi connectivity index (χ0) is 13.4. The van der Waals surface area contributed by atoms with E-state index in [1.54, 1.807) is 21.3 Å². The number of aromatic nitrogens is 2. The van der Waals surface area contributed by atoms with Gasteiger partial charge < -0.3 is 25.7 Å². The number of hydrogen-bond donors (Lipinski definition) is 0. The van der Waals surface area contributed by atoms with E-state index in [1.807, 2.05) is 12.3 Å². The predicted molar refractivity (Wildman–Crippen MR) is 71.0 cm³/mol. The molecule has 1 heterocycles. The van der Waals surface area contributed by atoms with Crippen LogP contribution in [0.15, 0.2) is 31.4 Å². The fraction of sp³-hybridized carbons (Fsp3) is 0.583. The molecule has 19 heavy (non-hydrogen) atoms. The van der Waals surface area contributed by atoms with Crippen LogP contribution < -0.4 is 17.0 Å². The van der Waals surface area contributed by atoms with Crippen LogP contribution in [-0.2, 0) is 26.4 Å². The summed E-state index contributed by atoms with van der Waals surface area (Å²) in [5.74, 6) is 0. The summed E-state index contributed by atoms with van der Waals surface area (Å²) in [5.41, 5.74) is 0. The molecule has 0 atom stereocenters. The molecule has 0 aliphatic carbocycles. The molecule has 1 aromatic rings. The normalized spacial score (nSPS) is 11.1. The second kappa shape index (κ2) is 9.27. The lowest BCUT2D eigenvalue weighted by Gasteiger charge is -2.23. The van der Waals surface area contributed by atoms with E-state index < -0.39 is 8.80 Å². The van der Waals surface area contributed by atoms with Crippen molar-refractivity contribution in [3.8, 4) is 0 Å². The summed E-state index contributed by atoms with van der Waals surface area (Å²) < 4.78 is 20.4. The van der Waals surface area contributed by atoms with Crippen molar-refractivity contribution in [2.24, 2.45) is 0 Å². The SMILES string of the molecule is C=CC[n+]1ccn(CCC[Si](OC)(OC)OC)c1.[Cl-]. The molecule has 110 valence electrons. The fourth-order valence-corrected chi connectivity index (χ4v) is 3.57. The van der Waals surface area contributed by atoms with Gasteiger partial charge in [-0.3, -0.25) is 0 Å². The number of halogens is 1. The van der Waals surface area contributed by atoms with Crippen molar-refractivity contribution in [3.63, 3.8) is 0 Å². The molecule has 1 aromatic heterocycles. The standard InChI is InChI=1S/C12H23N2O3Si.ClH/c1-5-7-13-9-10-14(12-13)8-6-11-18(15-2,16-3)17-4;/h5,9-10,12H,1,6-8,11H2,2-4H3;1H/q+1;/p-1. The van der Waals surface area contributed by atoms with Crippen LogP contribution >= 0.6 is 0 Å². The largest absolute Gasteiger partial charge is 1.00 e. The van der Waals surface area contributed by atoms with E-state index in [0.717, 1.165) is 25.6 Å². The first-order valence-corrected chi connectivity index (χ1v) is 7.94. The van der Waals surface area contributed by atoms with Gasteiger partial charge in [-0.2, -0.15) is 0 Å². The molecule has 0 saturated heterocycles. The monoisotopic (exact) mass is 306 g/mol. The highest BCUT2D eigenvalue weighted by atomic mass is 35.5. The number of rotatable bonds is 9. The van der Waals surface area contributed by atoms with Gasteiger partial charge in [0.05, 0.1) is 6.54 Å². The molecule has 0 radical (unpaired) electrons. The zero-order valence-corrected chi connectivity index (χ0v) is 13.6. The van der Waals surface area contributed by atoms with Gasteiger partial charge in [-0.25, -0.2) is 9.13 Å². The van der Waals surface area contributed by atoms with E-state index in [4.69, 9.17) is 13.3 Å². The molecule has 0 spiro atoms. The van der Waals surface area contributed by atoms with Gasteiger partial charge in [0.2, 0.25) is 6.33 Å². The Balaban J connectivity index is 0.00000324. The first kappa shape index (κ1) is 18.3. The number of allylic oxidation sites excluding steroid dienone is 1. The predicted octanol–water partition coefficient (Wildman–Crippen LogP) is -1.77. The van der Waals surface area contributed by atoms with Crippen molar-refractivity contribution in [3.05, 3.63) is 31.4 Å². The molecule has 0 amide bonds. The Morgan fingerprint density at radius 3 is 2.42 bits per heavy atom. The highest BCUT2D eigenvalue weighted by molar-refractivity contribution is 6.60. The Morgan fingerprint density at radius 2 is 1.89 bits per heavy atom. The molecule has 0 N–H and O–H groups in total. The summed E-state index contributed by atoms with van der Waals surface area (Å²) >= 11 is 0. The van der Waals surface area contributed by atoms with E-state index in [-0.39, 0.29) is 12.4 Å². The Morgan fingerprint density at radius 1 is 1.26 bits per heavy atom. The summed E-state index contributed by atoms with van der Waals surface area (Å²) in [6, 6.07) is 0.816. The van der Waals surface area contributed by atoms with Gasteiger partial charge in [0, 0.05) is 27.4 Å². The summed E-state index contributed by atoms with van der Waals surface area (Å²) in [6.45, 7) is 5.48. The van der Waals surface area contributed by atoms with Crippen molar-refractivity contribution >= 4 is 8.80 Å². The van der Waals surface area contributed by atoms with Gasteiger partial charge in [-0.1, -0.05) is 12.7 Å². The van der Waals surface area contributed by atoms with Gasteiger partial charge in [0.15, 0.2) is 0 Å². The maximum atomic E-state index is 5.38. The van der Waals surface area contributed by atoms with Crippen LogP contribution in [0.3, 0.4) is 0 Å². The van der Waals surface area contributed by atoms with Crippen LogP contribution in [0.25, 0.3) is 0 Å². The van der Waals surface area contributed by atoms with Gasteiger partial charge >= 0.3 is 8.80 Å². The Bertz CT molecular complexity index is 361. The second-order valence-electron chi connectivity index (χ2n) is 4.04. The van der Waals surface area contributed by atoms with Gasteiger partial charge in [-0.15, -0.1) is 0 Å². The van der Waals surface area contributed by atoms with E-state index in [0.29, 0.717) is 0 Å². The number of hydrogen-bond acceptors (Lipinski definition) is 3. The van der Waals surface area contributed by atoms with Gasteiger partial charge in [-0.05, 0) is 6.42 Å². The van der Waals surface area contributed by atoms with Crippen LogP contribution in [0.5, 0.6) is 0 Å². The smallest absolute Gasteiger partial charge is 0.500 e. The number of imidazole rings is 1. The van der Waals surface area contributed by atoms with E-state index in [1.165, 1.54) is 0 Å². The molecule has 7 heteroatoms. The highest BCUT2D eigenvalue weighted by Crippen LogP contribution is 2.15. The minimum absolute atomic E-state index is 0. The number of nitrogens with zero attached hydrogens (tertiary/aromatic N) is 2. The third-order valence-corrected chi connectivity index (χ3v) is 5.75. The average Bonchev–Trinajstić information content (AvgIpc) is 2.84. The minimum atomic E-state index is -2.42. The molecule has 0 unspecified atom stereocenters. The second-order valence-corrected chi connectivity index (χ2v) is 7.13. The molecule has 0 fully saturated rings. The third kappa shape index (κ3) is 5.46. The Kier molecular flexibility index (Phi) is 8.95. The highest BCUT2D eigenvalue weighted by Gasteiger charge is 2.37. The number of aryl methyl sites for hydroxylation is 1. The molecule has 0 saturated carbocycles. The topological polar surface area (TPSA) is 36.5 Å². The minimum Gasteiger partial charge on any atom is -1.00 e. The molecule has 0 aliphatic heterocycles. The zero-order valence-electron chi connectivity index (χ0n) is 11.8. The maximum absolute atomic E-state index is 5.38. The van der Waals surface area contributed by atoms with Crippen LogP contribution in [0.1, 0.15) is 6.42 Å². The van der Waals surface area contributed by atoms with Gasteiger partial charge in [0.25, 0.3) is 0 Å². The fourth-order valence-electron chi connectivity index (χ4n) is 1.86. The van der Waals surface area contributed by atoms with Crippen LogP contribution in [0.4, 0.5) is 0 Å². The maximum Gasteiger partial charge on any atom is 0.500 e. The van der Waals surface area contributed by atoms with Crippen LogP contribution in [-0.4, -0.2) is 34.7 Å². The third-order valence-electron chi connectivity index (χ3n) is 2.92. The van der Waals surface area contributed by atoms with E-state index >= 15 is 0 Å². The lowest BCUT2D eigenvalue weighted by molar-refractivity contribution is -0.686. The van der Waals surface area contributed by atoms with Crippen molar-refractivity contribution < 1.29 is 30.3 Å². The molecule has 5 nitrogen and oxygen atoms in total.